The molecule has 1 amide bonds. The van der Waals surface area contributed by atoms with Crippen LogP contribution in [0.15, 0.2) is 48.5 Å². The SMILES string of the molecule is Cc1c(Cl)cccc1NC(=O)c1cc2n(n1)[C@@H](C(F)(F)F)C[C@H](c1ccc(Cl)cc1)N2. The van der Waals surface area contributed by atoms with Crippen molar-refractivity contribution in [3.63, 3.8) is 0 Å². The second-order valence-corrected chi connectivity index (χ2v) is 8.11. The van der Waals surface area contributed by atoms with Crippen LogP contribution in [-0.2, 0) is 0 Å². The fourth-order valence-electron chi connectivity index (χ4n) is 3.53. The topological polar surface area (TPSA) is 59.0 Å². The highest BCUT2D eigenvalue weighted by Crippen LogP contribution is 2.43. The molecule has 0 saturated carbocycles. The summed E-state index contributed by atoms with van der Waals surface area (Å²) in [5.74, 6) is -0.514. The van der Waals surface area contributed by atoms with Crippen LogP contribution in [0.2, 0.25) is 10.0 Å². The predicted octanol–water partition coefficient (Wildman–Crippen LogP) is 6.41. The Morgan fingerprint density at radius 3 is 2.58 bits per heavy atom. The van der Waals surface area contributed by atoms with Crippen LogP contribution in [0.3, 0.4) is 0 Å². The minimum Gasteiger partial charge on any atom is -0.363 e. The number of alkyl halides is 3. The molecule has 2 atom stereocenters. The minimum absolute atomic E-state index is 0.112. The van der Waals surface area contributed by atoms with Crippen molar-refractivity contribution < 1.29 is 18.0 Å². The Labute approximate surface area is 186 Å². The number of rotatable bonds is 3. The van der Waals surface area contributed by atoms with Crippen LogP contribution in [0.1, 0.15) is 40.1 Å². The van der Waals surface area contributed by atoms with Gasteiger partial charge in [0.15, 0.2) is 11.7 Å². The Bertz CT molecular complexity index is 1130. The Balaban J connectivity index is 1.65. The molecule has 0 unspecified atom stereocenters. The zero-order chi connectivity index (χ0) is 22.3. The lowest BCUT2D eigenvalue weighted by Crippen LogP contribution is -2.35. The zero-order valence-corrected chi connectivity index (χ0v) is 17.7. The van der Waals surface area contributed by atoms with E-state index in [2.05, 4.69) is 15.7 Å². The van der Waals surface area contributed by atoms with Gasteiger partial charge in [0.05, 0.1) is 6.04 Å². The van der Waals surface area contributed by atoms with E-state index in [0.717, 1.165) is 4.68 Å². The average molecular weight is 469 g/mol. The van der Waals surface area contributed by atoms with Crippen LogP contribution in [0.25, 0.3) is 0 Å². The number of amides is 1. The van der Waals surface area contributed by atoms with Crippen molar-refractivity contribution in [3.8, 4) is 0 Å². The molecule has 2 aromatic carbocycles. The first kappa shape index (κ1) is 21.5. The third-order valence-electron chi connectivity index (χ3n) is 5.21. The molecule has 2 heterocycles. The predicted molar refractivity (Wildman–Crippen MR) is 114 cm³/mol. The number of hydrogen-bond donors (Lipinski definition) is 2. The molecule has 0 saturated heterocycles. The second-order valence-electron chi connectivity index (χ2n) is 7.27. The quantitative estimate of drug-likeness (QED) is 0.466. The molecule has 0 spiro atoms. The molecule has 4 rings (SSSR count). The molecule has 5 nitrogen and oxygen atoms in total. The van der Waals surface area contributed by atoms with Crippen LogP contribution >= 0.6 is 23.2 Å². The monoisotopic (exact) mass is 468 g/mol. The highest BCUT2D eigenvalue weighted by atomic mass is 35.5. The van der Waals surface area contributed by atoms with Crippen molar-refractivity contribution in [2.75, 3.05) is 10.6 Å². The second kappa shape index (κ2) is 8.09. The van der Waals surface area contributed by atoms with E-state index in [1.807, 2.05) is 0 Å². The number of nitrogens with zero attached hydrogens (tertiary/aromatic N) is 2. The van der Waals surface area contributed by atoms with Gasteiger partial charge in [-0.1, -0.05) is 41.4 Å². The highest BCUT2D eigenvalue weighted by molar-refractivity contribution is 6.31. The van der Waals surface area contributed by atoms with Crippen molar-refractivity contribution in [2.45, 2.75) is 31.6 Å². The number of hydrogen-bond acceptors (Lipinski definition) is 3. The van der Waals surface area contributed by atoms with Crippen molar-refractivity contribution in [3.05, 3.63) is 75.4 Å². The normalized spacial score (nSPS) is 18.3. The molecule has 0 aliphatic carbocycles. The summed E-state index contributed by atoms with van der Waals surface area (Å²) in [5, 5.41) is 10.6. The van der Waals surface area contributed by atoms with Gasteiger partial charge in [0, 0.05) is 28.2 Å². The molecule has 1 aliphatic heterocycles. The van der Waals surface area contributed by atoms with Crippen LogP contribution in [0.4, 0.5) is 24.7 Å². The highest BCUT2D eigenvalue weighted by Gasteiger charge is 2.46. The summed E-state index contributed by atoms with van der Waals surface area (Å²) in [7, 11) is 0. The summed E-state index contributed by atoms with van der Waals surface area (Å²) < 4.78 is 42.2. The van der Waals surface area contributed by atoms with E-state index in [0.29, 0.717) is 26.9 Å². The molecule has 31 heavy (non-hydrogen) atoms. The van der Waals surface area contributed by atoms with Gasteiger partial charge in [0.25, 0.3) is 5.91 Å². The minimum atomic E-state index is -4.54. The first-order chi connectivity index (χ1) is 14.6. The molecule has 0 bridgehead atoms. The van der Waals surface area contributed by atoms with Gasteiger partial charge in [-0.3, -0.25) is 4.79 Å². The van der Waals surface area contributed by atoms with Gasteiger partial charge in [-0.25, -0.2) is 4.68 Å². The summed E-state index contributed by atoms with van der Waals surface area (Å²) in [6.07, 6.45) is -4.81. The Morgan fingerprint density at radius 1 is 1.19 bits per heavy atom. The van der Waals surface area contributed by atoms with Gasteiger partial charge in [0.2, 0.25) is 0 Å². The first-order valence-electron chi connectivity index (χ1n) is 9.38. The van der Waals surface area contributed by atoms with Crippen LogP contribution in [-0.4, -0.2) is 21.9 Å². The molecular formula is C21H17Cl2F3N4O. The molecule has 162 valence electrons. The number of halogens is 5. The number of nitrogens with one attached hydrogen (secondary N) is 2. The summed E-state index contributed by atoms with van der Waals surface area (Å²) in [6, 6.07) is 10.4. The number of anilines is 2. The van der Waals surface area contributed by atoms with Crippen LogP contribution < -0.4 is 10.6 Å². The van der Waals surface area contributed by atoms with E-state index in [9.17, 15) is 18.0 Å². The van der Waals surface area contributed by atoms with E-state index in [1.54, 1.807) is 49.4 Å². The summed E-state index contributed by atoms with van der Waals surface area (Å²) >= 11 is 12.0. The van der Waals surface area contributed by atoms with Gasteiger partial charge < -0.3 is 10.6 Å². The molecular weight excluding hydrogens is 452 g/mol. The van der Waals surface area contributed by atoms with E-state index < -0.39 is 24.2 Å². The molecule has 1 aliphatic rings. The summed E-state index contributed by atoms with van der Waals surface area (Å²) in [6.45, 7) is 1.73. The molecule has 10 heteroatoms. The number of carbonyl (C=O) groups excluding carboxylic acids is 1. The third-order valence-corrected chi connectivity index (χ3v) is 5.87. The maximum Gasteiger partial charge on any atom is 0.410 e. The first-order valence-corrected chi connectivity index (χ1v) is 10.1. The van der Waals surface area contributed by atoms with E-state index in [-0.39, 0.29) is 17.9 Å². The maximum absolute atomic E-state index is 13.8. The Kier molecular flexibility index (Phi) is 5.61. The fourth-order valence-corrected chi connectivity index (χ4v) is 3.83. The van der Waals surface area contributed by atoms with Crippen LogP contribution in [0, 0.1) is 6.92 Å². The zero-order valence-electron chi connectivity index (χ0n) is 16.2. The van der Waals surface area contributed by atoms with Gasteiger partial charge >= 0.3 is 6.18 Å². The molecule has 1 aromatic heterocycles. The third kappa shape index (κ3) is 4.36. The number of aromatic nitrogens is 2. The standard InChI is InChI=1S/C21H17Cl2F3N4O/c1-11-14(23)3-2-4-15(11)28-20(31)17-10-19-27-16(12-5-7-13(22)8-6-12)9-18(21(24,25)26)30(19)29-17/h2-8,10,16,18,27H,9H2,1H3,(H,28,31)/t16-,18-/m1/s1. The van der Waals surface area contributed by atoms with E-state index in [4.69, 9.17) is 23.2 Å². The number of benzene rings is 2. The van der Waals surface area contributed by atoms with E-state index in [1.165, 1.54) is 6.07 Å². The molecule has 0 fully saturated rings. The Hall–Kier alpha value is -2.71. The lowest BCUT2D eigenvalue weighted by Gasteiger charge is -2.33. The summed E-state index contributed by atoms with van der Waals surface area (Å²) in [5.41, 5.74) is 1.64. The molecule has 2 N–H and O–H groups in total. The maximum atomic E-state index is 13.8. The largest absolute Gasteiger partial charge is 0.410 e. The Morgan fingerprint density at radius 2 is 1.90 bits per heavy atom. The fraction of sp³-hybridized carbons (Fsp3) is 0.238. The lowest BCUT2D eigenvalue weighted by molar-refractivity contribution is -0.173. The summed E-state index contributed by atoms with van der Waals surface area (Å²) in [4.78, 5) is 12.7. The molecule has 0 radical (unpaired) electrons. The van der Waals surface area contributed by atoms with Crippen molar-refractivity contribution in [1.29, 1.82) is 0 Å². The average Bonchev–Trinajstić information content (AvgIpc) is 3.14. The van der Waals surface area contributed by atoms with Gasteiger partial charge in [-0.15, -0.1) is 0 Å². The van der Waals surface area contributed by atoms with E-state index >= 15 is 0 Å². The number of fused-ring (bicyclic) bond motifs is 1. The van der Waals surface area contributed by atoms with Gasteiger partial charge in [-0.05, 0) is 42.3 Å². The van der Waals surface area contributed by atoms with Gasteiger partial charge in [0.1, 0.15) is 5.82 Å². The van der Waals surface area contributed by atoms with Crippen molar-refractivity contribution >= 4 is 40.6 Å². The van der Waals surface area contributed by atoms with Gasteiger partial charge in [-0.2, -0.15) is 18.3 Å². The smallest absolute Gasteiger partial charge is 0.363 e. The number of carbonyl (C=O) groups is 1. The van der Waals surface area contributed by atoms with Crippen LogP contribution in [0.5, 0.6) is 0 Å². The molecule has 3 aromatic rings. The van der Waals surface area contributed by atoms with Crippen molar-refractivity contribution in [1.82, 2.24) is 9.78 Å². The van der Waals surface area contributed by atoms with Crippen molar-refractivity contribution in [2.24, 2.45) is 0 Å². The lowest BCUT2D eigenvalue weighted by atomic mass is 9.97.